The summed E-state index contributed by atoms with van der Waals surface area (Å²) >= 11 is 0. The number of carbonyl (C=O) groups excluding carboxylic acids is 3. The molecule has 1 atom stereocenters. The number of nitrogens with one attached hydrogen (secondary N) is 1. The molecule has 2 amide bonds. The van der Waals surface area contributed by atoms with Gasteiger partial charge in [0.05, 0.1) is 18.7 Å². The van der Waals surface area contributed by atoms with Crippen LogP contribution in [0.3, 0.4) is 0 Å². The van der Waals surface area contributed by atoms with E-state index in [0.29, 0.717) is 6.54 Å². The Morgan fingerprint density at radius 3 is 2.63 bits per heavy atom. The molecule has 160 valence electrons. The first-order valence-corrected chi connectivity index (χ1v) is 10.3. The number of hydrogen-bond donors (Lipinski definition) is 1. The largest absolute Gasteiger partial charge is 0.462 e. The van der Waals surface area contributed by atoms with Crippen LogP contribution in [0.5, 0.6) is 0 Å². The van der Waals surface area contributed by atoms with Gasteiger partial charge in [-0.2, -0.15) is 5.10 Å². The fourth-order valence-corrected chi connectivity index (χ4v) is 3.52. The van der Waals surface area contributed by atoms with Crippen molar-refractivity contribution in [3.8, 4) is 0 Å². The second-order valence-corrected chi connectivity index (χ2v) is 7.42. The van der Waals surface area contributed by atoms with Crippen LogP contribution in [0.15, 0.2) is 30.5 Å². The zero-order chi connectivity index (χ0) is 21.7. The Labute approximate surface area is 176 Å². The molecule has 30 heavy (non-hydrogen) atoms. The predicted octanol–water partition coefficient (Wildman–Crippen LogP) is 2.93. The van der Waals surface area contributed by atoms with Gasteiger partial charge in [0.15, 0.2) is 0 Å². The number of ether oxygens (including phenoxy) is 1. The lowest BCUT2D eigenvalue weighted by molar-refractivity contribution is -0.122. The average molecular weight is 412 g/mol. The normalized spacial score (nSPS) is 16.0. The third kappa shape index (κ3) is 4.69. The Morgan fingerprint density at radius 1 is 1.23 bits per heavy atom. The summed E-state index contributed by atoms with van der Waals surface area (Å²) < 4.78 is 6.42. The maximum absolute atomic E-state index is 12.8. The molecule has 1 fully saturated rings. The van der Waals surface area contributed by atoms with Gasteiger partial charge in [0.2, 0.25) is 11.8 Å². The minimum Gasteiger partial charge on any atom is -0.462 e. The molecule has 8 heteroatoms. The van der Waals surface area contributed by atoms with E-state index in [1.165, 1.54) is 16.4 Å². The number of amides is 2. The first kappa shape index (κ1) is 21.5. The standard InChI is InChI=1S/C22H28N4O4/c1-4-6-7-15-8-10-17(11-9-15)26-14-16(12-19(26)27)21(28)24-20-18(13-23-25(20)3)22(29)30-5-2/h8-11,13,16H,4-7,12,14H2,1-3H3,(H,24,28). The first-order chi connectivity index (χ1) is 14.4. The molecule has 0 saturated carbocycles. The van der Waals surface area contributed by atoms with Gasteiger partial charge in [0, 0.05) is 25.7 Å². The highest BCUT2D eigenvalue weighted by Gasteiger charge is 2.36. The summed E-state index contributed by atoms with van der Waals surface area (Å²) in [4.78, 5) is 39.1. The monoisotopic (exact) mass is 412 g/mol. The molecule has 1 aromatic carbocycles. The fraction of sp³-hybridized carbons (Fsp3) is 0.455. The van der Waals surface area contributed by atoms with Crippen LogP contribution < -0.4 is 10.2 Å². The van der Waals surface area contributed by atoms with Gasteiger partial charge < -0.3 is 15.0 Å². The first-order valence-electron chi connectivity index (χ1n) is 10.3. The van der Waals surface area contributed by atoms with Crippen molar-refractivity contribution in [1.29, 1.82) is 0 Å². The molecular weight excluding hydrogens is 384 g/mol. The van der Waals surface area contributed by atoms with Crippen molar-refractivity contribution in [2.24, 2.45) is 13.0 Å². The predicted molar refractivity (Wildman–Crippen MR) is 113 cm³/mol. The molecule has 1 aliphatic rings. The Hall–Kier alpha value is -3.16. The van der Waals surface area contributed by atoms with Crippen LogP contribution in [0.4, 0.5) is 11.5 Å². The van der Waals surface area contributed by atoms with E-state index in [2.05, 4.69) is 17.3 Å². The molecule has 0 aliphatic carbocycles. The van der Waals surface area contributed by atoms with Gasteiger partial charge in [-0.25, -0.2) is 4.79 Å². The molecule has 1 saturated heterocycles. The quantitative estimate of drug-likeness (QED) is 0.673. The van der Waals surface area contributed by atoms with E-state index in [-0.39, 0.29) is 36.2 Å². The molecule has 2 heterocycles. The van der Waals surface area contributed by atoms with Crippen molar-refractivity contribution in [3.63, 3.8) is 0 Å². The van der Waals surface area contributed by atoms with Crippen LogP contribution in [0, 0.1) is 5.92 Å². The number of nitrogens with zero attached hydrogens (tertiary/aromatic N) is 3. The molecule has 1 aliphatic heterocycles. The third-order valence-corrected chi connectivity index (χ3v) is 5.24. The summed E-state index contributed by atoms with van der Waals surface area (Å²) in [6, 6.07) is 7.94. The molecule has 3 rings (SSSR count). The molecular formula is C22H28N4O4. The van der Waals surface area contributed by atoms with E-state index in [1.54, 1.807) is 18.9 Å². The van der Waals surface area contributed by atoms with Gasteiger partial charge in [0.1, 0.15) is 11.4 Å². The van der Waals surface area contributed by atoms with Gasteiger partial charge in [-0.3, -0.25) is 14.3 Å². The molecule has 0 bridgehead atoms. The van der Waals surface area contributed by atoms with Crippen molar-refractivity contribution < 1.29 is 19.1 Å². The summed E-state index contributed by atoms with van der Waals surface area (Å²) in [5, 5.41) is 6.78. The summed E-state index contributed by atoms with van der Waals surface area (Å²) in [7, 11) is 1.63. The molecule has 0 radical (unpaired) electrons. The number of aromatic nitrogens is 2. The second-order valence-electron chi connectivity index (χ2n) is 7.42. The molecule has 1 aromatic heterocycles. The lowest BCUT2D eigenvalue weighted by atomic mass is 10.1. The van der Waals surface area contributed by atoms with E-state index in [0.717, 1.165) is 24.9 Å². The highest BCUT2D eigenvalue weighted by Crippen LogP contribution is 2.27. The zero-order valence-corrected chi connectivity index (χ0v) is 17.7. The Bertz CT molecular complexity index is 920. The third-order valence-electron chi connectivity index (χ3n) is 5.24. The van der Waals surface area contributed by atoms with E-state index >= 15 is 0 Å². The molecule has 1 unspecified atom stereocenters. The average Bonchev–Trinajstić information content (AvgIpc) is 3.30. The smallest absolute Gasteiger partial charge is 0.343 e. The van der Waals surface area contributed by atoms with Gasteiger partial charge in [-0.05, 0) is 37.5 Å². The van der Waals surface area contributed by atoms with Gasteiger partial charge in [-0.15, -0.1) is 0 Å². The van der Waals surface area contributed by atoms with Gasteiger partial charge >= 0.3 is 5.97 Å². The van der Waals surface area contributed by atoms with Crippen LogP contribution in [0.1, 0.15) is 49.0 Å². The van der Waals surface area contributed by atoms with Crippen molar-refractivity contribution in [1.82, 2.24) is 9.78 Å². The summed E-state index contributed by atoms with van der Waals surface area (Å²) in [6.45, 7) is 4.39. The molecule has 8 nitrogen and oxygen atoms in total. The van der Waals surface area contributed by atoms with E-state index in [1.807, 2.05) is 24.3 Å². The van der Waals surface area contributed by atoms with Crippen LogP contribution in [0.25, 0.3) is 0 Å². The summed E-state index contributed by atoms with van der Waals surface area (Å²) in [6.07, 6.45) is 4.77. The minimum absolute atomic E-state index is 0.0907. The number of hydrogen-bond acceptors (Lipinski definition) is 5. The van der Waals surface area contributed by atoms with Crippen LogP contribution >= 0.6 is 0 Å². The Balaban J connectivity index is 1.67. The van der Waals surface area contributed by atoms with Crippen LogP contribution in [-0.2, 0) is 27.8 Å². The van der Waals surface area contributed by atoms with Crippen molar-refractivity contribution in [3.05, 3.63) is 41.6 Å². The number of carbonyl (C=O) groups is 3. The van der Waals surface area contributed by atoms with Crippen LogP contribution in [-0.4, -0.2) is 40.7 Å². The summed E-state index contributed by atoms with van der Waals surface area (Å²) in [5.41, 5.74) is 2.23. The lowest BCUT2D eigenvalue weighted by Gasteiger charge is -2.17. The van der Waals surface area contributed by atoms with E-state index in [9.17, 15) is 14.4 Å². The van der Waals surface area contributed by atoms with Gasteiger partial charge in [-0.1, -0.05) is 25.5 Å². The Morgan fingerprint density at radius 2 is 1.97 bits per heavy atom. The molecule has 1 N–H and O–H groups in total. The van der Waals surface area contributed by atoms with Crippen molar-refractivity contribution in [2.75, 3.05) is 23.4 Å². The lowest BCUT2D eigenvalue weighted by Crippen LogP contribution is -2.29. The number of benzene rings is 1. The fourth-order valence-electron chi connectivity index (χ4n) is 3.52. The highest BCUT2D eigenvalue weighted by atomic mass is 16.5. The molecule has 2 aromatic rings. The number of unbranched alkanes of at least 4 members (excludes halogenated alkanes) is 1. The van der Waals surface area contributed by atoms with E-state index < -0.39 is 11.9 Å². The maximum atomic E-state index is 12.8. The Kier molecular flexibility index (Phi) is 6.87. The second kappa shape index (κ2) is 9.56. The minimum atomic E-state index is -0.548. The number of rotatable bonds is 8. The van der Waals surface area contributed by atoms with Crippen LogP contribution in [0.2, 0.25) is 0 Å². The van der Waals surface area contributed by atoms with E-state index in [4.69, 9.17) is 4.74 Å². The highest BCUT2D eigenvalue weighted by molar-refractivity contribution is 6.05. The summed E-state index contributed by atoms with van der Waals surface area (Å²) in [5.74, 6) is -1.20. The number of anilines is 2. The zero-order valence-electron chi connectivity index (χ0n) is 17.7. The maximum Gasteiger partial charge on any atom is 0.343 e. The number of aryl methyl sites for hydroxylation is 2. The number of esters is 1. The van der Waals surface area contributed by atoms with Crippen molar-refractivity contribution in [2.45, 2.75) is 39.5 Å². The van der Waals surface area contributed by atoms with Crippen molar-refractivity contribution >= 4 is 29.3 Å². The van der Waals surface area contributed by atoms with Gasteiger partial charge in [0.25, 0.3) is 0 Å². The molecule has 0 spiro atoms. The topological polar surface area (TPSA) is 93.5 Å². The SMILES string of the molecule is CCCCc1ccc(N2CC(C(=O)Nc3c(C(=O)OCC)cnn3C)CC2=O)cc1.